The van der Waals surface area contributed by atoms with E-state index >= 15 is 0 Å². The highest BCUT2D eigenvalue weighted by Gasteiger charge is 2.28. The minimum absolute atomic E-state index is 0.131. The molecule has 2 aromatic rings. The van der Waals surface area contributed by atoms with E-state index in [0.717, 1.165) is 24.0 Å². The summed E-state index contributed by atoms with van der Waals surface area (Å²) in [5.74, 6) is 0.367. The molecule has 35 heavy (non-hydrogen) atoms. The first kappa shape index (κ1) is 24.7. The third kappa shape index (κ3) is 5.83. The molecule has 7 nitrogen and oxygen atoms in total. The lowest BCUT2D eigenvalue weighted by Crippen LogP contribution is -2.36. The van der Waals surface area contributed by atoms with Gasteiger partial charge in [0.25, 0.3) is 11.5 Å². The van der Waals surface area contributed by atoms with Crippen molar-refractivity contribution in [2.75, 3.05) is 18.4 Å². The summed E-state index contributed by atoms with van der Waals surface area (Å²) in [6, 6.07) is 8.24. The number of carbonyl (C=O) groups excluding carboxylic acids is 2. The summed E-state index contributed by atoms with van der Waals surface area (Å²) in [5, 5.41) is 12.9. The number of nitriles is 1. The van der Waals surface area contributed by atoms with Crippen molar-refractivity contribution >= 4 is 35.2 Å². The van der Waals surface area contributed by atoms with Crippen LogP contribution in [0.2, 0.25) is 5.02 Å². The van der Waals surface area contributed by atoms with Crippen LogP contribution in [0.25, 0.3) is 6.08 Å². The minimum atomic E-state index is -0.465. The second-order valence-corrected chi connectivity index (χ2v) is 9.73. The summed E-state index contributed by atoms with van der Waals surface area (Å²) in [4.78, 5) is 39.8. The van der Waals surface area contributed by atoms with Gasteiger partial charge in [-0.25, -0.2) is 0 Å². The van der Waals surface area contributed by atoms with Crippen molar-refractivity contribution in [1.29, 1.82) is 5.26 Å². The number of likely N-dealkylation sites (tertiary alicyclic amines) is 1. The van der Waals surface area contributed by atoms with Crippen LogP contribution in [0.15, 0.2) is 34.6 Å². The van der Waals surface area contributed by atoms with Gasteiger partial charge in [-0.1, -0.05) is 23.3 Å². The molecule has 0 atom stereocenters. The SMILES string of the molecule is CCn1c(C#N)cc(C(=O)Nc2c(C)cc(Cl)cc2C=C2CCN(C(=O)CC3CC3)CC2)cc1=O. The molecule has 2 amide bonds. The molecule has 1 saturated heterocycles. The molecule has 0 spiro atoms. The van der Waals surface area contributed by atoms with Gasteiger partial charge in [0, 0.05) is 42.7 Å². The van der Waals surface area contributed by atoms with Gasteiger partial charge < -0.3 is 14.8 Å². The Kier molecular flexibility index (Phi) is 7.42. The van der Waals surface area contributed by atoms with Gasteiger partial charge in [-0.15, -0.1) is 0 Å². The average molecular weight is 493 g/mol. The first-order chi connectivity index (χ1) is 16.8. The number of carbonyl (C=O) groups is 2. The fourth-order valence-electron chi connectivity index (χ4n) is 4.49. The minimum Gasteiger partial charge on any atom is -0.342 e. The first-order valence-electron chi connectivity index (χ1n) is 12.0. The van der Waals surface area contributed by atoms with E-state index in [1.807, 2.05) is 24.0 Å². The van der Waals surface area contributed by atoms with Crippen molar-refractivity contribution < 1.29 is 9.59 Å². The van der Waals surface area contributed by atoms with E-state index in [1.165, 1.54) is 35.1 Å². The van der Waals surface area contributed by atoms with Crippen LogP contribution in [-0.2, 0) is 11.3 Å². The van der Waals surface area contributed by atoms with Gasteiger partial charge in [0.1, 0.15) is 11.8 Å². The van der Waals surface area contributed by atoms with E-state index in [1.54, 1.807) is 19.1 Å². The van der Waals surface area contributed by atoms with E-state index in [0.29, 0.717) is 42.7 Å². The molecule has 1 aromatic carbocycles. The molecule has 1 aromatic heterocycles. The predicted octanol–water partition coefficient (Wildman–Crippen LogP) is 4.76. The smallest absolute Gasteiger partial charge is 0.255 e. The van der Waals surface area contributed by atoms with E-state index in [2.05, 4.69) is 5.32 Å². The van der Waals surface area contributed by atoms with Crippen LogP contribution in [-0.4, -0.2) is 34.4 Å². The van der Waals surface area contributed by atoms with E-state index in [-0.39, 0.29) is 17.2 Å². The number of aromatic nitrogens is 1. The normalized spacial score (nSPS) is 15.5. The number of hydrogen-bond acceptors (Lipinski definition) is 4. The number of anilines is 1. The fourth-order valence-corrected chi connectivity index (χ4v) is 4.77. The predicted molar refractivity (Wildman–Crippen MR) is 136 cm³/mol. The van der Waals surface area contributed by atoms with Crippen LogP contribution in [0.1, 0.15) is 66.2 Å². The number of halogens is 1. The maximum Gasteiger partial charge on any atom is 0.255 e. The number of piperidine rings is 1. The molecule has 2 heterocycles. The average Bonchev–Trinajstić information content (AvgIpc) is 3.65. The molecule has 1 saturated carbocycles. The maximum atomic E-state index is 13.1. The number of rotatable bonds is 6. The van der Waals surface area contributed by atoms with E-state index < -0.39 is 11.5 Å². The number of hydrogen-bond donors (Lipinski definition) is 1. The molecule has 0 unspecified atom stereocenters. The summed E-state index contributed by atoms with van der Waals surface area (Å²) in [6.45, 7) is 5.37. The molecule has 182 valence electrons. The first-order valence-corrected chi connectivity index (χ1v) is 12.4. The maximum absolute atomic E-state index is 13.1. The van der Waals surface area contributed by atoms with Crippen molar-refractivity contribution in [1.82, 2.24) is 9.47 Å². The molecule has 2 aliphatic rings. The van der Waals surface area contributed by atoms with Gasteiger partial charge >= 0.3 is 0 Å². The summed E-state index contributed by atoms with van der Waals surface area (Å²) in [7, 11) is 0. The zero-order chi connectivity index (χ0) is 25.1. The van der Waals surface area contributed by atoms with Gasteiger partial charge in [0.2, 0.25) is 5.91 Å². The Balaban J connectivity index is 1.55. The second kappa shape index (κ2) is 10.5. The largest absolute Gasteiger partial charge is 0.342 e. The molecule has 0 bridgehead atoms. The number of benzene rings is 1. The van der Waals surface area contributed by atoms with Crippen LogP contribution in [0.4, 0.5) is 5.69 Å². The topological polar surface area (TPSA) is 95.2 Å². The zero-order valence-corrected chi connectivity index (χ0v) is 20.8. The molecule has 1 aliphatic carbocycles. The summed E-state index contributed by atoms with van der Waals surface area (Å²) < 4.78 is 1.32. The van der Waals surface area contributed by atoms with E-state index in [9.17, 15) is 19.6 Å². The van der Waals surface area contributed by atoms with Gasteiger partial charge in [0.15, 0.2) is 0 Å². The Bertz CT molecular complexity index is 1290. The summed E-state index contributed by atoms with van der Waals surface area (Å²) in [6.07, 6.45) is 6.59. The Morgan fingerprint density at radius 1 is 1.20 bits per heavy atom. The highest BCUT2D eigenvalue weighted by Crippen LogP contribution is 2.34. The molecule has 1 aliphatic heterocycles. The summed E-state index contributed by atoms with van der Waals surface area (Å²) >= 11 is 6.33. The molecule has 4 rings (SSSR count). The lowest BCUT2D eigenvalue weighted by molar-refractivity contribution is -0.132. The number of aryl methyl sites for hydroxylation is 1. The lowest BCUT2D eigenvalue weighted by Gasteiger charge is -2.29. The Hall–Kier alpha value is -3.37. The molecular formula is C27H29ClN4O3. The van der Waals surface area contributed by atoms with Gasteiger partial charge in [0.05, 0.1) is 5.69 Å². The molecular weight excluding hydrogens is 464 g/mol. The number of nitrogens with zero attached hydrogens (tertiary/aromatic N) is 3. The van der Waals surface area contributed by atoms with Crippen molar-refractivity contribution in [3.63, 3.8) is 0 Å². The van der Waals surface area contributed by atoms with Crippen molar-refractivity contribution in [2.45, 2.75) is 52.5 Å². The molecule has 8 heteroatoms. The van der Waals surface area contributed by atoms with Crippen LogP contribution in [0.5, 0.6) is 0 Å². The number of nitrogens with one attached hydrogen (secondary N) is 1. The molecule has 0 radical (unpaired) electrons. The monoisotopic (exact) mass is 492 g/mol. The quantitative estimate of drug-likeness (QED) is 0.628. The highest BCUT2D eigenvalue weighted by molar-refractivity contribution is 6.31. The van der Waals surface area contributed by atoms with E-state index in [4.69, 9.17) is 11.6 Å². The van der Waals surface area contributed by atoms with Crippen LogP contribution >= 0.6 is 11.6 Å². The Labute approximate surface area is 210 Å². The van der Waals surface area contributed by atoms with Crippen molar-refractivity contribution in [3.8, 4) is 6.07 Å². The standard InChI is InChI=1S/C27H29ClN4O3/c1-3-32-23(16-29)14-21(15-25(32)34)27(35)30-26-17(2)10-22(28)13-20(26)11-19-6-8-31(9-7-19)24(33)12-18-4-5-18/h10-11,13-15,18H,3-9,12H2,1-2H3,(H,30,35). The number of pyridine rings is 1. The van der Waals surface area contributed by atoms with Crippen molar-refractivity contribution in [3.05, 3.63) is 67.6 Å². The van der Waals surface area contributed by atoms with Gasteiger partial charge in [-0.2, -0.15) is 5.26 Å². The van der Waals surface area contributed by atoms with Crippen LogP contribution in [0, 0.1) is 24.2 Å². The Morgan fingerprint density at radius 3 is 2.54 bits per heavy atom. The number of amides is 2. The van der Waals surface area contributed by atoms with Gasteiger partial charge in [-0.05, 0) is 74.8 Å². The third-order valence-corrected chi connectivity index (χ3v) is 6.89. The van der Waals surface area contributed by atoms with Crippen LogP contribution in [0.3, 0.4) is 0 Å². The Morgan fingerprint density at radius 2 is 1.91 bits per heavy atom. The van der Waals surface area contributed by atoms with Crippen molar-refractivity contribution in [2.24, 2.45) is 5.92 Å². The third-order valence-electron chi connectivity index (χ3n) is 6.67. The molecule has 2 fully saturated rings. The summed E-state index contributed by atoms with van der Waals surface area (Å²) in [5.41, 5.74) is 3.24. The van der Waals surface area contributed by atoms with Crippen LogP contribution < -0.4 is 10.9 Å². The lowest BCUT2D eigenvalue weighted by atomic mass is 9.98. The zero-order valence-electron chi connectivity index (χ0n) is 20.1. The second-order valence-electron chi connectivity index (χ2n) is 9.30. The fraction of sp³-hybridized carbons (Fsp3) is 0.407. The highest BCUT2D eigenvalue weighted by atomic mass is 35.5. The molecule has 1 N–H and O–H groups in total. The van der Waals surface area contributed by atoms with Gasteiger partial charge in [-0.3, -0.25) is 14.4 Å².